The fourth-order valence-corrected chi connectivity index (χ4v) is 5.65. The Morgan fingerprint density at radius 3 is 2.52 bits per heavy atom. The van der Waals surface area contributed by atoms with Crippen LogP contribution in [0.5, 0.6) is 0 Å². The Labute approximate surface area is 232 Å². The Kier molecular flexibility index (Phi) is 8.75. The van der Waals surface area contributed by atoms with Crippen LogP contribution in [0.1, 0.15) is 51.8 Å². The van der Waals surface area contributed by atoms with Gasteiger partial charge in [-0.15, -0.1) is 0 Å². The molecule has 2 fully saturated rings. The molecule has 3 aromatic rings. The van der Waals surface area contributed by atoms with Crippen LogP contribution < -0.4 is 20.9 Å². The Bertz CT molecular complexity index is 1300. The highest BCUT2D eigenvalue weighted by Crippen LogP contribution is 2.33. The van der Waals surface area contributed by atoms with Crippen LogP contribution in [0, 0.1) is 5.92 Å². The highest BCUT2D eigenvalue weighted by atomic mass is 19.3. The maximum Gasteiger partial charge on any atom is 0.296 e. The molecule has 216 valence electrons. The molecule has 0 radical (unpaired) electrons. The molecule has 2 aromatic heterocycles. The second-order valence-corrected chi connectivity index (χ2v) is 10.9. The molecule has 1 amide bonds. The van der Waals surface area contributed by atoms with E-state index in [2.05, 4.69) is 29.0 Å². The highest BCUT2D eigenvalue weighted by molar-refractivity contribution is 5.78. The molecule has 40 heavy (non-hydrogen) atoms. The van der Waals surface area contributed by atoms with Crippen molar-refractivity contribution in [2.45, 2.75) is 58.0 Å². The molecule has 1 saturated heterocycles. The lowest BCUT2D eigenvalue weighted by Crippen LogP contribution is -2.46. The standard InChI is InChI=1S/C28H38F2N8O2/c1-18(2)17-37(20-9-7-19(8-10-20)32-25(39)16-31)23-15-24(35-28(34-23)36-11-13-40-14-12-36)38-22-6-4-3-5-21(22)33-27(38)26(29)30/h3-6,15,18-20,26H,7-14,16-17,31H2,1-2H3,(H,32,39)/t19-,20-. The number of fused-ring (bicyclic) bond motifs is 1. The van der Waals surface area contributed by atoms with Crippen molar-refractivity contribution >= 4 is 28.7 Å². The molecule has 0 unspecified atom stereocenters. The first-order valence-corrected chi connectivity index (χ1v) is 14.1. The summed E-state index contributed by atoms with van der Waals surface area (Å²) in [6.07, 6.45) is 0.626. The monoisotopic (exact) mass is 556 g/mol. The third kappa shape index (κ3) is 6.17. The van der Waals surface area contributed by atoms with Crippen LogP contribution in [0.15, 0.2) is 30.3 Å². The molecule has 12 heteroatoms. The van der Waals surface area contributed by atoms with Gasteiger partial charge in [0.05, 0.1) is 30.8 Å². The van der Waals surface area contributed by atoms with E-state index < -0.39 is 6.43 Å². The average molecular weight is 557 g/mol. The number of benzene rings is 1. The number of hydrogen-bond acceptors (Lipinski definition) is 8. The van der Waals surface area contributed by atoms with E-state index in [1.165, 1.54) is 4.57 Å². The summed E-state index contributed by atoms with van der Waals surface area (Å²) in [6, 6.07) is 9.22. The van der Waals surface area contributed by atoms with Crippen molar-refractivity contribution in [1.82, 2.24) is 24.8 Å². The largest absolute Gasteiger partial charge is 0.378 e. The zero-order valence-corrected chi connectivity index (χ0v) is 23.1. The summed E-state index contributed by atoms with van der Waals surface area (Å²) < 4.78 is 35.6. The number of alkyl halides is 2. The van der Waals surface area contributed by atoms with Gasteiger partial charge in [0.1, 0.15) is 11.6 Å². The molecule has 5 rings (SSSR count). The van der Waals surface area contributed by atoms with E-state index in [1.54, 1.807) is 18.2 Å². The number of halogens is 2. The zero-order chi connectivity index (χ0) is 28.2. The Hall–Kier alpha value is -3.38. The lowest BCUT2D eigenvalue weighted by atomic mass is 9.89. The number of aromatic nitrogens is 4. The van der Waals surface area contributed by atoms with Crippen LogP contribution in [-0.2, 0) is 9.53 Å². The van der Waals surface area contributed by atoms with Crippen LogP contribution in [0.3, 0.4) is 0 Å². The number of imidazole rings is 1. The van der Waals surface area contributed by atoms with Crippen molar-refractivity contribution < 1.29 is 18.3 Å². The zero-order valence-electron chi connectivity index (χ0n) is 23.1. The quantitative estimate of drug-likeness (QED) is 0.412. The average Bonchev–Trinajstić information content (AvgIpc) is 3.37. The smallest absolute Gasteiger partial charge is 0.296 e. The van der Waals surface area contributed by atoms with Gasteiger partial charge in [-0.05, 0) is 43.7 Å². The third-order valence-corrected chi connectivity index (χ3v) is 7.54. The maximum absolute atomic E-state index is 14.3. The Morgan fingerprint density at radius 1 is 1.12 bits per heavy atom. The summed E-state index contributed by atoms with van der Waals surface area (Å²) in [5.41, 5.74) is 6.55. The normalized spacial score (nSPS) is 19.9. The van der Waals surface area contributed by atoms with Crippen LogP contribution in [0.2, 0.25) is 0 Å². The van der Waals surface area contributed by atoms with Gasteiger partial charge in [0.25, 0.3) is 6.43 Å². The molecule has 0 bridgehead atoms. The molecule has 1 aliphatic heterocycles. The van der Waals surface area contributed by atoms with Crippen molar-refractivity contribution in [3.8, 4) is 5.82 Å². The summed E-state index contributed by atoms with van der Waals surface area (Å²) in [4.78, 5) is 30.2. The number of carbonyl (C=O) groups is 1. The van der Waals surface area contributed by atoms with Crippen molar-refractivity contribution in [2.75, 3.05) is 49.2 Å². The van der Waals surface area contributed by atoms with E-state index >= 15 is 0 Å². The number of hydrogen-bond donors (Lipinski definition) is 2. The van der Waals surface area contributed by atoms with Gasteiger partial charge in [0, 0.05) is 37.8 Å². The van der Waals surface area contributed by atoms with Gasteiger partial charge in [0.2, 0.25) is 11.9 Å². The minimum Gasteiger partial charge on any atom is -0.378 e. The topological polar surface area (TPSA) is 114 Å². The molecule has 1 saturated carbocycles. The molecule has 3 heterocycles. The summed E-state index contributed by atoms with van der Waals surface area (Å²) in [6.45, 7) is 7.37. The Balaban J connectivity index is 1.57. The van der Waals surface area contributed by atoms with Gasteiger partial charge < -0.3 is 25.6 Å². The molecule has 1 aliphatic carbocycles. The van der Waals surface area contributed by atoms with Crippen molar-refractivity contribution in [3.05, 3.63) is 36.2 Å². The van der Waals surface area contributed by atoms with Crippen molar-refractivity contribution in [2.24, 2.45) is 11.7 Å². The molecule has 10 nitrogen and oxygen atoms in total. The van der Waals surface area contributed by atoms with E-state index in [1.807, 2.05) is 17.0 Å². The summed E-state index contributed by atoms with van der Waals surface area (Å²) in [5.74, 6) is 1.42. The number of nitrogens with zero attached hydrogens (tertiary/aromatic N) is 6. The molecular formula is C28H38F2N8O2. The number of amides is 1. The summed E-state index contributed by atoms with van der Waals surface area (Å²) in [5, 5.41) is 3.01. The SMILES string of the molecule is CC(C)CN(c1cc(-n2c(C(F)F)nc3ccccc32)nc(N2CCOCC2)n1)[C@H]1CC[C@H](NC(=O)CN)CC1. The Morgan fingerprint density at radius 2 is 1.85 bits per heavy atom. The van der Waals surface area contributed by atoms with Gasteiger partial charge in [-0.25, -0.2) is 13.8 Å². The molecule has 0 atom stereocenters. The van der Waals surface area contributed by atoms with Crippen LogP contribution in [-0.4, -0.2) is 76.9 Å². The minimum atomic E-state index is -2.77. The highest BCUT2D eigenvalue weighted by Gasteiger charge is 2.30. The number of carbonyl (C=O) groups excluding carboxylic acids is 1. The second kappa shape index (κ2) is 12.4. The van der Waals surface area contributed by atoms with Gasteiger partial charge in [0.15, 0.2) is 5.82 Å². The number of ether oxygens (including phenoxy) is 1. The van der Waals surface area contributed by atoms with Crippen molar-refractivity contribution in [3.63, 3.8) is 0 Å². The predicted octanol–water partition coefficient (Wildman–Crippen LogP) is 3.44. The number of morpholine rings is 1. The number of para-hydroxylation sites is 2. The van der Waals surface area contributed by atoms with E-state index in [-0.39, 0.29) is 30.4 Å². The third-order valence-electron chi connectivity index (χ3n) is 7.54. The maximum atomic E-state index is 14.3. The van der Waals surface area contributed by atoms with E-state index in [4.69, 9.17) is 20.4 Å². The van der Waals surface area contributed by atoms with E-state index in [0.717, 1.165) is 32.2 Å². The second-order valence-electron chi connectivity index (χ2n) is 10.9. The molecule has 0 spiro atoms. The first kappa shape index (κ1) is 28.2. The lowest BCUT2D eigenvalue weighted by Gasteiger charge is -2.39. The fraction of sp³-hybridized carbons (Fsp3) is 0.571. The number of nitrogens with one attached hydrogen (secondary N) is 1. The number of nitrogens with two attached hydrogens (primary N) is 1. The predicted molar refractivity (Wildman–Crippen MR) is 150 cm³/mol. The summed E-state index contributed by atoms with van der Waals surface area (Å²) >= 11 is 0. The number of rotatable bonds is 9. The minimum absolute atomic E-state index is 0.0169. The van der Waals surface area contributed by atoms with Gasteiger partial charge in [-0.2, -0.15) is 9.97 Å². The molecular weight excluding hydrogens is 518 g/mol. The van der Waals surface area contributed by atoms with Crippen LogP contribution in [0.25, 0.3) is 16.9 Å². The van der Waals surface area contributed by atoms with Crippen LogP contribution >= 0.6 is 0 Å². The number of anilines is 2. The van der Waals surface area contributed by atoms with Crippen molar-refractivity contribution in [1.29, 1.82) is 0 Å². The first-order chi connectivity index (χ1) is 19.3. The fourth-order valence-electron chi connectivity index (χ4n) is 5.65. The van der Waals surface area contributed by atoms with Gasteiger partial charge in [-0.3, -0.25) is 9.36 Å². The summed E-state index contributed by atoms with van der Waals surface area (Å²) in [7, 11) is 0. The molecule has 3 N–H and O–H groups in total. The first-order valence-electron chi connectivity index (χ1n) is 14.1. The van der Waals surface area contributed by atoms with E-state index in [9.17, 15) is 13.6 Å². The van der Waals surface area contributed by atoms with Gasteiger partial charge in [-0.1, -0.05) is 26.0 Å². The van der Waals surface area contributed by atoms with Crippen LogP contribution in [0.4, 0.5) is 20.5 Å². The molecule has 1 aromatic carbocycles. The lowest BCUT2D eigenvalue weighted by molar-refractivity contribution is -0.120. The van der Waals surface area contributed by atoms with Gasteiger partial charge >= 0.3 is 0 Å². The van der Waals surface area contributed by atoms with E-state index in [0.29, 0.717) is 60.8 Å². The molecule has 2 aliphatic rings.